The van der Waals surface area contributed by atoms with Crippen LogP contribution in [-0.4, -0.2) is 0 Å². The third kappa shape index (κ3) is 1.72. The topological polar surface area (TPSA) is 0 Å². The minimum absolute atomic E-state index is 0.712. The molecule has 0 bridgehead atoms. The molecule has 1 fully saturated rings. The third-order valence-electron chi connectivity index (χ3n) is 3.68. The van der Waals surface area contributed by atoms with Crippen molar-refractivity contribution in [2.45, 2.75) is 6.42 Å². The molecule has 3 rings (SSSR count). The van der Waals surface area contributed by atoms with Crippen molar-refractivity contribution in [3.8, 4) is 0 Å². The van der Waals surface area contributed by atoms with E-state index in [1.807, 2.05) is 0 Å². The molecule has 4 unspecified atom stereocenters. The predicted octanol–water partition coefficient (Wildman–Crippen LogP) is 4.55. The molecule has 3 aliphatic rings. The Balaban J connectivity index is 1.93. The molecule has 0 aromatic heterocycles. The van der Waals surface area contributed by atoms with Gasteiger partial charge in [0.25, 0.3) is 0 Å². The van der Waals surface area contributed by atoms with Gasteiger partial charge in [0.15, 0.2) is 0 Å². The van der Waals surface area contributed by atoms with Crippen molar-refractivity contribution in [3.05, 3.63) is 45.4 Å². The Kier molecular flexibility index (Phi) is 2.52. The lowest BCUT2D eigenvalue weighted by Gasteiger charge is -2.23. The van der Waals surface area contributed by atoms with Gasteiger partial charge in [-0.1, -0.05) is 68.3 Å². The maximum absolute atomic E-state index is 3.57. The first-order chi connectivity index (χ1) is 7.24. The second-order valence-electron chi connectivity index (χ2n) is 4.54. The van der Waals surface area contributed by atoms with Gasteiger partial charge in [-0.05, 0) is 30.1 Å². The summed E-state index contributed by atoms with van der Waals surface area (Å²) in [5.41, 5.74) is 0. The van der Waals surface area contributed by atoms with Gasteiger partial charge < -0.3 is 0 Å². The van der Waals surface area contributed by atoms with Crippen LogP contribution >= 0.6 is 31.9 Å². The van der Waals surface area contributed by atoms with E-state index in [1.165, 1.54) is 15.4 Å². The van der Waals surface area contributed by atoms with Gasteiger partial charge in [0.1, 0.15) is 0 Å². The summed E-state index contributed by atoms with van der Waals surface area (Å²) in [4.78, 5) is 0. The molecular weight excluding hydrogens is 316 g/mol. The summed E-state index contributed by atoms with van der Waals surface area (Å²) in [5, 5.41) is 0. The molecule has 3 aliphatic carbocycles. The molecule has 15 heavy (non-hydrogen) atoms. The Hall–Kier alpha value is -0.0800. The molecule has 0 saturated heterocycles. The average molecular weight is 328 g/mol. The molecule has 0 aromatic rings. The third-order valence-corrected chi connectivity index (χ3v) is 4.74. The van der Waals surface area contributed by atoms with Crippen LogP contribution in [0.5, 0.6) is 0 Å². The van der Waals surface area contributed by atoms with Crippen LogP contribution in [0.25, 0.3) is 0 Å². The van der Waals surface area contributed by atoms with Gasteiger partial charge in [0.05, 0.1) is 0 Å². The van der Waals surface area contributed by atoms with Crippen molar-refractivity contribution < 1.29 is 0 Å². The second-order valence-corrected chi connectivity index (χ2v) is 6.37. The maximum atomic E-state index is 3.57. The lowest BCUT2D eigenvalue weighted by molar-refractivity contribution is 0.460. The summed E-state index contributed by atoms with van der Waals surface area (Å²) >= 11 is 7.14. The maximum Gasteiger partial charge on any atom is 0.0135 e. The van der Waals surface area contributed by atoms with E-state index in [-0.39, 0.29) is 0 Å². The monoisotopic (exact) mass is 326 g/mol. The molecule has 0 aliphatic heterocycles. The number of rotatable bonds is 0. The minimum atomic E-state index is 0.712. The largest absolute Gasteiger partial charge is 0.0791 e. The second kappa shape index (κ2) is 3.74. The van der Waals surface area contributed by atoms with Crippen LogP contribution < -0.4 is 0 Å². The molecule has 0 radical (unpaired) electrons. The molecule has 0 amide bonds. The zero-order valence-corrected chi connectivity index (χ0v) is 11.4. The van der Waals surface area contributed by atoms with E-state index in [1.54, 1.807) is 0 Å². The molecule has 0 nitrogen and oxygen atoms in total. The molecular formula is C13H12Br2. The number of allylic oxidation sites excluding steroid dienone is 8. The summed E-state index contributed by atoms with van der Waals surface area (Å²) in [5.74, 6) is 2.87. The van der Waals surface area contributed by atoms with Crippen molar-refractivity contribution in [1.82, 2.24) is 0 Å². The Morgan fingerprint density at radius 1 is 0.867 bits per heavy atom. The zero-order valence-electron chi connectivity index (χ0n) is 8.24. The summed E-state index contributed by atoms with van der Waals surface area (Å²) < 4.78 is 2.49. The van der Waals surface area contributed by atoms with Crippen molar-refractivity contribution >= 4 is 31.9 Å². The lowest BCUT2D eigenvalue weighted by Crippen LogP contribution is -2.15. The summed E-state index contributed by atoms with van der Waals surface area (Å²) in [7, 11) is 0. The van der Waals surface area contributed by atoms with E-state index in [9.17, 15) is 0 Å². The number of fused-ring (bicyclic) bond motifs is 3. The van der Waals surface area contributed by atoms with Crippen LogP contribution in [0, 0.1) is 23.7 Å². The van der Waals surface area contributed by atoms with Gasteiger partial charge >= 0.3 is 0 Å². The van der Waals surface area contributed by atoms with Crippen LogP contribution in [0.3, 0.4) is 0 Å². The van der Waals surface area contributed by atoms with Crippen LogP contribution in [0.2, 0.25) is 0 Å². The Labute approximate surface area is 107 Å². The quantitative estimate of drug-likeness (QED) is 0.612. The fourth-order valence-electron chi connectivity index (χ4n) is 3.03. The number of halogens is 2. The molecule has 1 saturated carbocycles. The lowest BCUT2D eigenvalue weighted by atomic mass is 9.83. The molecule has 4 atom stereocenters. The fraction of sp³-hybridized carbons (Fsp3) is 0.385. The molecule has 0 aromatic carbocycles. The molecule has 0 N–H and O–H groups in total. The van der Waals surface area contributed by atoms with E-state index in [0.717, 1.165) is 11.8 Å². The van der Waals surface area contributed by atoms with Gasteiger partial charge in [-0.3, -0.25) is 0 Å². The summed E-state index contributed by atoms with van der Waals surface area (Å²) in [6.45, 7) is 0. The van der Waals surface area contributed by atoms with Gasteiger partial charge in [-0.25, -0.2) is 0 Å². The number of hydrogen-bond donors (Lipinski definition) is 0. The van der Waals surface area contributed by atoms with E-state index in [2.05, 4.69) is 68.3 Å². The highest BCUT2D eigenvalue weighted by Crippen LogP contribution is 2.49. The van der Waals surface area contributed by atoms with Gasteiger partial charge in [0, 0.05) is 8.96 Å². The molecule has 0 spiro atoms. The minimum Gasteiger partial charge on any atom is -0.0791 e. The summed E-state index contributed by atoms with van der Waals surface area (Å²) in [6, 6.07) is 0. The first-order valence-electron chi connectivity index (χ1n) is 5.35. The first-order valence-corrected chi connectivity index (χ1v) is 6.94. The van der Waals surface area contributed by atoms with Crippen molar-refractivity contribution in [3.63, 3.8) is 0 Å². The van der Waals surface area contributed by atoms with E-state index >= 15 is 0 Å². The van der Waals surface area contributed by atoms with Crippen LogP contribution in [0.15, 0.2) is 45.4 Å². The normalized spacial score (nSPS) is 42.0. The smallest absolute Gasteiger partial charge is 0.0135 e. The van der Waals surface area contributed by atoms with Gasteiger partial charge in [-0.2, -0.15) is 0 Å². The Morgan fingerprint density at radius 3 is 1.80 bits per heavy atom. The van der Waals surface area contributed by atoms with Gasteiger partial charge in [0.2, 0.25) is 0 Å². The predicted molar refractivity (Wildman–Crippen MR) is 70.9 cm³/mol. The van der Waals surface area contributed by atoms with Crippen molar-refractivity contribution in [2.75, 3.05) is 0 Å². The van der Waals surface area contributed by atoms with E-state index in [4.69, 9.17) is 0 Å². The molecule has 2 heteroatoms. The van der Waals surface area contributed by atoms with E-state index < -0.39 is 0 Å². The standard InChI is InChI=1S/C13H12Br2/c14-10-1-3-12-8(6-10)5-9-7-11(15)2-4-13(9)12/h1-4,6-9,12-13H,5H2. The highest BCUT2D eigenvalue weighted by molar-refractivity contribution is 9.12. The van der Waals surface area contributed by atoms with Crippen molar-refractivity contribution in [2.24, 2.45) is 23.7 Å². The van der Waals surface area contributed by atoms with Gasteiger partial charge in [-0.15, -0.1) is 0 Å². The fourth-order valence-corrected chi connectivity index (χ4v) is 4.01. The van der Waals surface area contributed by atoms with Crippen LogP contribution in [-0.2, 0) is 0 Å². The SMILES string of the molecule is BrC1=CC2CC3C=C(Br)C=CC3C2C=C1. The number of hydrogen-bond acceptors (Lipinski definition) is 0. The Bertz CT molecular complexity index is 363. The van der Waals surface area contributed by atoms with Crippen LogP contribution in [0.4, 0.5) is 0 Å². The van der Waals surface area contributed by atoms with Crippen molar-refractivity contribution in [1.29, 1.82) is 0 Å². The highest BCUT2D eigenvalue weighted by atomic mass is 79.9. The van der Waals surface area contributed by atoms with E-state index in [0.29, 0.717) is 11.8 Å². The van der Waals surface area contributed by atoms with Crippen LogP contribution in [0.1, 0.15) is 6.42 Å². The highest BCUT2D eigenvalue weighted by Gasteiger charge is 2.40. The molecule has 78 valence electrons. The average Bonchev–Trinajstić information content (AvgIpc) is 2.53. The Morgan fingerprint density at radius 2 is 1.33 bits per heavy atom. The zero-order chi connectivity index (χ0) is 10.4. The summed E-state index contributed by atoms with van der Waals surface area (Å²) in [6.07, 6.45) is 15.2. The first kappa shape index (κ1) is 10.1. The molecule has 0 heterocycles.